The van der Waals surface area contributed by atoms with E-state index in [2.05, 4.69) is 191 Å². The van der Waals surface area contributed by atoms with Crippen LogP contribution in [-0.2, 0) is 0 Å². The summed E-state index contributed by atoms with van der Waals surface area (Å²) in [6.07, 6.45) is 0. The fourth-order valence-corrected chi connectivity index (χ4v) is 8.66. The summed E-state index contributed by atoms with van der Waals surface area (Å²) in [6, 6.07) is 66.2. The summed E-state index contributed by atoms with van der Waals surface area (Å²) in [5.74, 6) is 0. The number of hydrogen-bond acceptors (Lipinski definition) is 2. The fourth-order valence-electron chi connectivity index (χ4n) is 7.54. The van der Waals surface area contributed by atoms with Crippen LogP contribution in [0.4, 0.5) is 17.1 Å². The summed E-state index contributed by atoms with van der Waals surface area (Å²) in [6.45, 7) is 0. The Kier molecular flexibility index (Phi) is 6.39. The van der Waals surface area contributed by atoms with Gasteiger partial charge < -0.3 is 9.47 Å². The highest BCUT2D eigenvalue weighted by Gasteiger charge is 2.19. The van der Waals surface area contributed by atoms with Gasteiger partial charge in [-0.2, -0.15) is 0 Å². The number of para-hydroxylation sites is 2. The molecular formula is C46H30N2S. The second-order valence-corrected chi connectivity index (χ2v) is 13.7. The minimum Gasteiger partial charge on any atom is -0.310 e. The molecule has 0 aliphatic rings. The number of aromatic nitrogens is 1. The smallest absolute Gasteiger partial charge is 0.0561 e. The van der Waals surface area contributed by atoms with Crippen molar-refractivity contribution < 1.29 is 0 Å². The summed E-state index contributed by atoms with van der Waals surface area (Å²) >= 11 is 1.87. The summed E-state index contributed by atoms with van der Waals surface area (Å²) in [5, 5.41) is 7.69. The van der Waals surface area contributed by atoms with Gasteiger partial charge in [-0.3, -0.25) is 0 Å². The van der Waals surface area contributed by atoms with E-state index in [9.17, 15) is 0 Å². The molecule has 0 aliphatic carbocycles. The van der Waals surface area contributed by atoms with E-state index in [1.54, 1.807) is 0 Å². The van der Waals surface area contributed by atoms with Gasteiger partial charge in [-0.1, -0.05) is 115 Å². The average molecular weight is 643 g/mol. The van der Waals surface area contributed by atoms with Crippen LogP contribution in [0.25, 0.3) is 69.6 Å². The van der Waals surface area contributed by atoms with Crippen LogP contribution in [0.15, 0.2) is 182 Å². The third-order valence-corrected chi connectivity index (χ3v) is 10.9. The number of benzene rings is 8. The first-order valence-corrected chi connectivity index (χ1v) is 17.5. The Labute approximate surface area is 288 Å². The van der Waals surface area contributed by atoms with Gasteiger partial charge in [0.2, 0.25) is 0 Å². The predicted octanol–water partition coefficient (Wildman–Crippen LogP) is 13.4. The van der Waals surface area contributed by atoms with Crippen LogP contribution in [0.1, 0.15) is 0 Å². The highest BCUT2D eigenvalue weighted by atomic mass is 32.1. The van der Waals surface area contributed by atoms with E-state index in [4.69, 9.17) is 0 Å². The second-order valence-electron chi connectivity index (χ2n) is 12.6. The molecule has 10 aromatic rings. The molecule has 0 spiro atoms. The Hall–Kier alpha value is -6.16. The van der Waals surface area contributed by atoms with Gasteiger partial charge in [0.05, 0.1) is 11.0 Å². The molecule has 0 radical (unpaired) electrons. The first-order valence-electron chi connectivity index (χ1n) is 16.7. The molecule has 2 heterocycles. The molecule has 0 fully saturated rings. The number of anilines is 3. The minimum atomic E-state index is 1.11. The zero-order valence-corrected chi connectivity index (χ0v) is 27.4. The van der Waals surface area contributed by atoms with Crippen molar-refractivity contribution in [1.29, 1.82) is 0 Å². The van der Waals surface area contributed by atoms with E-state index in [0.29, 0.717) is 0 Å². The number of fused-ring (bicyclic) bond motifs is 8. The summed E-state index contributed by atoms with van der Waals surface area (Å²) in [5.41, 5.74) is 9.28. The summed E-state index contributed by atoms with van der Waals surface area (Å²) in [4.78, 5) is 2.41. The predicted molar refractivity (Wildman–Crippen MR) is 211 cm³/mol. The Morgan fingerprint density at radius 1 is 0.388 bits per heavy atom. The van der Waals surface area contributed by atoms with Crippen LogP contribution in [0.3, 0.4) is 0 Å². The van der Waals surface area contributed by atoms with E-state index in [1.807, 2.05) is 11.3 Å². The van der Waals surface area contributed by atoms with Crippen molar-refractivity contribution in [3.8, 4) is 16.8 Å². The number of rotatable bonds is 5. The lowest BCUT2D eigenvalue weighted by molar-refractivity contribution is 1.18. The Morgan fingerprint density at radius 3 is 1.90 bits per heavy atom. The third kappa shape index (κ3) is 4.55. The molecule has 2 aromatic heterocycles. The molecule has 10 rings (SSSR count). The van der Waals surface area contributed by atoms with E-state index in [1.165, 1.54) is 63.9 Å². The van der Waals surface area contributed by atoms with Crippen LogP contribution in [0, 0.1) is 0 Å². The maximum Gasteiger partial charge on any atom is 0.0561 e. The maximum absolute atomic E-state index is 2.41. The van der Waals surface area contributed by atoms with Crippen molar-refractivity contribution in [3.05, 3.63) is 182 Å². The SMILES string of the molecule is c1ccc(-c2cccc(N(c3ccc4c(ccc5sc6ccccc6c54)c3)c3ccc4c5ccccc5n(-c5ccccc5)c4c3)c2)cc1. The van der Waals surface area contributed by atoms with Crippen LogP contribution in [-0.4, -0.2) is 4.57 Å². The van der Waals surface area contributed by atoms with Crippen molar-refractivity contribution in [2.75, 3.05) is 4.90 Å². The van der Waals surface area contributed by atoms with Crippen molar-refractivity contribution >= 4 is 81.1 Å². The van der Waals surface area contributed by atoms with Crippen molar-refractivity contribution in [2.24, 2.45) is 0 Å². The van der Waals surface area contributed by atoms with Crippen molar-refractivity contribution in [1.82, 2.24) is 4.57 Å². The normalized spacial score (nSPS) is 11.7. The highest BCUT2D eigenvalue weighted by Crippen LogP contribution is 2.43. The Bertz CT molecular complexity index is 2830. The lowest BCUT2D eigenvalue weighted by Crippen LogP contribution is -2.10. The topological polar surface area (TPSA) is 8.17 Å². The fraction of sp³-hybridized carbons (Fsp3) is 0. The molecule has 0 atom stereocenters. The van der Waals surface area contributed by atoms with Gasteiger partial charge in [0.15, 0.2) is 0 Å². The number of thiophene rings is 1. The van der Waals surface area contributed by atoms with Crippen LogP contribution in [0.2, 0.25) is 0 Å². The molecule has 2 nitrogen and oxygen atoms in total. The molecule has 0 N–H and O–H groups in total. The van der Waals surface area contributed by atoms with Crippen LogP contribution < -0.4 is 4.90 Å². The van der Waals surface area contributed by atoms with E-state index in [0.717, 1.165) is 22.7 Å². The lowest BCUT2D eigenvalue weighted by atomic mass is 10.0. The van der Waals surface area contributed by atoms with Crippen LogP contribution in [0.5, 0.6) is 0 Å². The molecule has 0 unspecified atom stereocenters. The van der Waals surface area contributed by atoms with Gasteiger partial charge in [0.1, 0.15) is 0 Å². The molecule has 3 heteroatoms. The van der Waals surface area contributed by atoms with E-state index in [-0.39, 0.29) is 0 Å². The Morgan fingerprint density at radius 2 is 1.04 bits per heavy atom. The zero-order valence-electron chi connectivity index (χ0n) is 26.6. The first-order chi connectivity index (χ1) is 24.3. The maximum atomic E-state index is 2.41. The Balaban J connectivity index is 1.22. The van der Waals surface area contributed by atoms with Crippen molar-refractivity contribution in [3.63, 3.8) is 0 Å². The van der Waals surface area contributed by atoms with E-state index >= 15 is 0 Å². The molecule has 0 amide bonds. The van der Waals surface area contributed by atoms with Gasteiger partial charge >= 0.3 is 0 Å². The van der Waals surface area contributed by atoms with Gasteiger partial charge in [-0.05, 0) is 88.6 Å². The first kappa shape index (κ1) is 27.9. The van der Waals surface area contributed by atoms with E-state index < -0.39 is 0 Å². The second kappa shape index (κ2) is 11.2. The van der Waals surface area contributed by atoms with Gasteiger partial charge in [-0.15, -0.1) is 11.3 Å². The van der Waals surface area contributed by atoms with Gasteiger partial charge in [0, 0.05) is 53.7 Å². The summed E-state index contributed by atoms with van der Waals surface area (Å²) < 4.78 is 5.05. The van der Waals surface area contributed by atoms with Gasteiger partial charge in [0.25, 0.3) is 0 Å². The quantitative estimate of drug-likeness (QED) is 0.181. The molecule has 0 saturated heterocycles. The molecule has 230 valence electrons. The number of hydrogen-bond donors (Lipinski definition) is 0. The molecule has 8 aromatic carbocycles. The largest absolute Gasteiger partial charge is 0.310 e. The molecule has 0 aliphatic heterocycles. The minimum absolute atomic E-state index is 1.11. The standard InChI is InChI=1S/C46H30N2S/c1-3-12-31(13-4-1)32-14-11-17-35(28-32)47(36-23-25-38-33(29-36)22-27-45-46(38)41-19-8-10-21-44(41)49-45)37-24-26-40-39-18-7-9-20-42(39)48(43(40)30-37)34-15-5-2-6-16-34/h1-30H. The highest BCUT2D eigenvalue weighted by molar-refractivity contribution is 7.26. The van der Waals surface area contributed by atoms with Gasteiger partial charge in [-0.25, -0.2) is 0 Å². The third-order valence-electron chi connectivity index (χ3n) is 9.74. The summed E-state index contributed by atoms with van der Waals surface area (Å²) in [7, 11) is 0. The van der Waals surface area contributed by atoms with Crippen LogP contribution >= 0.6 is 11.3 Å². The zero-order chi connectivity index (χ0) is 32.3. The monoisotopic (exact) mass is 642 g/mol. The lowest BCUT2D eigenvalue weighted by Gasteiger charge is -2.27. The van der Waals surface area contributed by atoms with Crippen molar-refractivity contribution in [2.45, 2.75) is 0 Å². The number of nitrogens with zero attached hydrogens (tertiary/aromatic N) is 2. The molecule has 49 heavy (non-hydrogen) atoms. The molecular weight excluding hydrogens is 613 g/mol. The molecule has 0 bridgehead atoms. The molecule has 0 saturated carbocycles. The average Bonchev–Trinajstić information content (AvgIpc) is 3.71.